The molecule has 0 saturated carbocycles. The molecule has 0 spiro atoms. The molecule has 144 valence electrons. The lowest BCUT2D eigenvalue weighted by Gasteiger charge is -2.27. The summed E-state index contributed by atoms with van der Waals surface area (Å²) in [5.41, 5.74) is 1.17. The third-order valence-corrected chi connectivity index (χ3v) is 4.59. The minimum atomic E-state index is -0.467. The Hall–Kier alpha value is -2.08. The monoisotopic (exact) mass is 407 g/mol. The molecule has 2 aromatic carbocycles. The van der Waals surface area contributed by atoms with E-state index in [0.29, 0.717) is 22.3 Å². The number of para-hydroxylation sites is 1. The summed E-state index contributed by atoms with van der Waals surface area (Å²) >= 11 is 12.0. The van der Waals surface area contributed by atoms with E-state index in [1.165, 1.54) is 0 Å². The standard InChI is InChI=1S/C20H23Cl2N3O2/c1-3-11-25(14(2)20(27)23-16-7-5-4-6-8-16)13-19(26)24-18-12-15(21)9-10-17(18)22/h4-10,12,14H,3,11,13H2,1-2H3,(H,23,27)(H,24,26). The van der Waals surface area contributed by atoms with Crippen LogP contribution >= 0.6 is 23.2 Å². The molecule has 1 unspecified atom stereocenters. The SMILES string of the molecule is CCCN(CC(=O)Nc1cc(Cl)ccc1Cl)C(C)C(=O)Nc1ccccc1. The summed E-state index contributed by atoms with van der Waals surface area (Å²) in [6.45, 7) is 4.47. The number of hydrogen-bond acceptors (Lipinski definition) is 3. The topological polar surface area (TPSA) is 61.4 Å². The molecule has 5 nitrogen and oxygen atoms in total. The van der Waals surface area contributed by atoms with E-state index in [0.717, 1.165) is 12.1 Å². The second kappa shape index (κ2) is 10.3. The van der Waals surface area contributed by atoms with Crippen LogP contribution < -0.4 is 10.6 Å². The van der Waals surface area contributed by atoms with E-state index in [9.17, 15) is 9.59 Å². The molecular formula is C20H23Cl2N3O2. The molecule has 0 aliphatic heterocycles. The van der Waals surface area contributed by atoms with Crippen LogP contribution in [0.5, 0.6) is 0 Å². The highest BCUT2D eigenvalue weighted by Gasteiger charge is 2.23. The first-order chi connectivity index (χ1) is 12.9. The van der Waals surface area contributed by atoms with Crippen LogP contribution in [0.2, 0.25) is 10.0 Å². The second-order valence-corrected chi connectivity index (χ2v) is 7.02. The third-order valence-electron chi connectivity index (χ3n) is 4.03. The maximum absolute atomic E-state index is 12.5. The number of anilines is 2. The summed E-state index contributed by atoms with van der Waals surface area (Å²) in [5.74, 6) is -0.421. The minimum absolute atomic E-state index is 0.0695. The van der Waals surface area contributed by atoms with Crippen LogP contribution in [-0.4, -0.2) is 35.8 Å². The Labute approximate surface area is 169 Å². The van der Waals surface area contributed by atoms with Gasteiger partial charge in [-0.2, -0.15) is 0 Å². The summed E-state index contributed by atoms with van der Waals surface area (Å²) in [7, 11) is 0. The van der Waals surface area contributed by atoms with Crippen molar-refractivity contribution in [3.05, 3.63) is 58.6 Å². The van der Waals surface area contributed by atoms with Gasteiger partial charge in [-0.3, -0.25) is 14.5 Å². The largest absolute Gasteiger partial charge is 0.325 e. The first-order valence-corrected chi connectivity index (χ1v) is 9.51. The van der Waals surface area contributed by atoms with Crippen LogP contribution in [-0.2, 0) is 9.59 Å². The number of halogens is 2. The summed E-state index contributed by atoms with van der Waals surface area (Å²) in [4.78, 5) is 26.8. The molecule has 0 aliphatic carbocycles. The van der Waals surface area contributed by atoms with Gasteiger partial charge in [-0.15, -0.1) is 0 Å². The van der Waals surface area contributed by atoms with E-state index in [4.69, 9.17) is 23.2 Å². The predicted molar refractivity (Wildman–Crippen MR) is 111 cm³/mol. The van der Waals surface area contributed by atoms with Crippen molar-refractivity contribution in [2.75, 3.05) is 23.7 Å². The molecule has 0 saturated heterocycles. The number of amides is 2. The number of carbonyl (C=O) groups is 2. The highest BCUT2D eigenvalue weighted by Crippen LogP contribution is 2.25. The molecule has 0 heterocycles. The molecule has 2 amide bonds. The smallest absolute Gasteiger partial charge is 0.241 e. The molecule has 1 atom stereocenters. The Morgan fingerprint density at radius 2 is 1.78 bits per heavy atom. The van der Waals surface area contributed by atoms with Gasteiger partial charge in [-0.25, -0.2) is 0 Å². The fourth-order valence-corrected chi connectivity index (χ4v) is 2.94. The average Bonchev–Trinajstić information content (AvgIpc) is 2.64. The van der Waals surface area contributed by atoms with Crippen LogP contribution in [0.15, 0.2) is 48.5 Å². The molecular weight excluding hydrogens is 385 g/mol. The van der Waals surface area contributed by atoms with E-state index in [1.54, 1.807) is 25.1 Å². The van der Waals surface area contributed by atoms with Crippen LogP contribution in [0.1, 0.15) is 20.3 Å². The third kappa shape index (κ3) is 6.54. The van der Waals surface area contributed by atoms with Crippen molar-refractivity contribution in [3.8, 4) is 0 Å². The van der Waals surface area contributed by atoms with Crippen LogP contribution in [0.3, 0.4) is 0 Å². The van der Waals surface area contributed by atoms with Gasteiger partial charge < -0.3 is 10.6 Å². The van der Waals surface area contributed by atoms with Gasteiger partial charge in [0.25, 0.3) is 0 Å². The summed E-state index contributed by atoms with van der Waals surface area (Å²) in [6.07, 6.45) is 0.814. The van der Waals surface area contributed by atoms with Crippen molar-refractivity contribution in [3.63, 3.8) is 0 Å². The van der Waals surface area contributed by atoms with Gasteiger partial charge in [0.1, 0.15) is 0 Å². The van der Waals surface area contributed by atoms with Crippen LogP contribution in [0.4, 0.5) is 11.4 Å². The second-order valence-electron chi connectivity index (χ2n) is 6.17. The number of carbonyl (C=O) groups excluding carboxylic acids is 2. The van der Waals surface area contributed by atoms with Crippen LogP contribution in [0, 0.1) is 0 Å². The maximum atomic E-state index is 12.5. The van der Waals surface area contributed by atoms with Gasteiger partial charge in [-0.05, 0) is 50.2 Å². The van der Waals surface area contributed by atoms with Gasteiger partial charge in [0, 0.05) is 10.7 Å². The van der Waals surface area contributed by atoms with E-state index >= 15 is 0 Å². The first-order valence-electron chi connectivity index (χ1n) is 8.75. The highest BCUT2D eigenvalue weighted by molar-refractivity contribution is 6.35. The van der Waals surface area contributed by atoms with Gasteiger partial charge in [0.05, 0.1) is 23.3 Å². The van der Waals surface area contributed by atoms with Gasteiger partial charge >= 0.3 is 0 Å². The number of rotatable bonds is 8. The van der Waals surface area contributed by atoms with Crippen LogP contribution in [0.25, 0.3) is 0 Å². The lowest BCUT2D eigenvalue weighted by Crippen LogP contribution is -2.46. The van der Waals surface area contributed by atoms with Gasteiger partial charge in [0.2, 0.25) is 11.8 Å². The molecule has 0 bridgehead atoms. The fourth-order valence-electron chi connectivity index (χ4n) is 2.60. The normalized spacial score (nSPS) is 11.9. The number of benzene rings is 2. The lowest BCUT2D eigenvalue weighted by molar-refractivity contribution is -0.123. The van der Waals surface area contributed by atoms with Crippen molar-refractivity contribution >= 4 is 46.4 Å². The zero-order chi connectivity index (χ0) is 19.8. The minimum Gasteiger partial charge on any atom is -0.325 e. The van der Waals surface area contributed by atoms with Crippen molar-refractivity contribution in [2.45, 2.75) is 26.3 Å². The number of nitrogens with one attached hydrogen (secondary N) is 2. The van der Waals surface area contributed by atoms with Crippen molar-refractivity contribution in [1.82, 2.24) is 4.90 Å². The molecule has 0 aromatic heterocycles. The Bertz CT molecular complexity index is 784. The van der Waals surface area contributed by atoms with Gasteiger partial charge in [0.15, 0.2) is 0 Å². The molecule has 2 rings (SSSR count). The molecule has 2 aromatic rings. The summed E-state index contributed by atoms with van der Waals surface area (Å²) in [6, 6.07) is 13.6. The molecule has 27 heavy (non-hydrogen) atoms. The van der Waals surface area contributed by atoms with E-state index in [1.807, 2.05) is 42.2 Å². The van der Waals surface area contributed by atoms with E-state index < -0.39 is 6.04 Å². The Morgan fingerprint density at radius 1 is 1.07 bits per heavy atom. The Balaban J connectivity index is 2.01. The zero-order valence-corrected chi connectivity index (χ0v) is 16.8. The Kier molecular flexibility index (Phi) is 8.10. The molecule has 0 aliphatic rings. The molecule has 7 heteroatoms. The first kappa shape index (κ1) is 21.2. The van der Waals surface area contributed by atoms with Crippen molar-refractivity contribution < 1.29 is 9.59 Å². The summed E-state index contributed by atoms with van der Waals surface area (Å²) < 4.78 is 0. The molecule has 0 radical (unpaired) electrons. The van der Waals surface area contributed by atoms with Crippen molar-refractivity contribution in [1.29, 1.82) is 0 Å². The Morgan fingerprint density at radius 3 is 2.44 bits per heavy atom. The fraction of sp³-hybridized carbons (Fsp3) is 0.300. The van der Waals surface area contributed by atoms with Crippen molar-refractivity contribution in [2.24, 2.45) is 0 Å². The maximum Gasteiger partial charge on any atom is 0.241 e. The zero-order valence-electron chi connectivity index (χ0n) is 15.3. The van der Waals surface area contributed by atoms with E-state index in [-0.39, 0.29) is 18.4 Å². The molecule has 0 fully saturated rings. The molecule has 2 N–H and O–H groups in total. The quantitative estimate of drug-likeness (QED) is 0.667. The number of hydrogen-bond donors (Lipinski definition) is 2. The van der Waals surface area contributed by atoms with E-state index in [2.05, 4.69) is 10.6 Å². The average molecular weight is 408 g/mol. The highest BCUT2D eigenvalue weighted by atomic mass is 35.5. The number of nitrogens with zero attached hydrogens (tertiary/aromatic N) is 1. The lowest BCUT2D eigenvalue weighted by atomic mass is 10.2. The summed E-state index contributed by atoms with van der Waals surface area (Å²) in [5, 5.41) is 6.51. The van der Waals surface area contributed by atoms with Gasteiger partial charge in [-0.1, -0.05) is 48.3 Å². The predicted octanol–water partition coefficient (Wildman–Crippen LogP) is 4.67.